The van der Waals surface area contributed by atoms with Crippen LogP contribution in [0.5, 0.6) is 0 Å². The molecule has 1 saturated heterocycles. The van der Waals surface area contributed by atoms with Gasteiger partial charge in [0.1, 0.15) is 0 Å². The molecule has 1 N–H and O–H groups in total. The van der Waals surface area contributed by atoms with Gasteiger partial charge < -0.3 is 5.32 Å². The summed E-state index contributed by atoms with van der Waals surface area (Å²) in [6.07, 6.45) is 7.49. The highest BCUT2D eigenvalue weighted by molar-refractivity contribution is 7.89. The predicted molar refractivity (Wildman–Crippen MR) is 112 cm³/mol. The lowest BCUT2D eigenvalue weighted by Crippen LogP contribution is -2.49. The molecule has 6 nitrogen and oxygen atoms in total. The van der Waals surface area contributed by atoms with Crippen molar-refractivity contribution in [2.45, 2.75) is 63.3 Å². The van der Waals surface area contributed by atoms with Gasteiger partial charge in [0.25, 0.3) is 0 Å². The second-order valence-electron chi connectivity index (χ2n) is 7.89. The van der Waals surface area contributed by atoms with E-state index in [1.807, 2.05) is 13.8 Å². The van der Waals surface area contributed by atoms with Crippen LogP contribution in [-0.4, -0.2) is 55.8 Å². The van der Waals surface area contributed by atoms with Crippen molar-refractivity contribution < 1.29 is 13.2 Å². The number of likely N-dealkylation sites (tertiary alicyclic amines) is 1. The van der Waals surface area contributed by atoms with Crippen LogP contribution in [0.25, 0.3) is 0 Å². The topological polar surface area (TPSA) is 69.7 Å². The molecule has 7 heteroatoms. The Hall–Kier alpha value is -1.44. The number of hydrogen-bond donors (Lipinski definition) is 1. The van der Waals surface area contributed by atoms with E-state index in [0.29, 0.717) is 31.4 Å². The molecule has 1 amide bonds. The maximum absolute atomic E-state index is 12.7. The van der Waals surface area contributed by atoms with Gasteiger partial charge in [-0.15, -0.1) is 0 Å². The number of anilines is 1. The number of nitrogens with one attached hydrogen (secondary N) is 1. The van der Waals surface area contributed by atoms with E-state index >= 15 is 0 Å². The number of fused-ring (bicyclic) bond motifs is 1. The summed E-state index contributed by atoms with van der Waals surface area (Å²) in [4.78, 5) is 15.2. The number of benzene rings is 1. The number of sulfonamides is 1. The van der Waals surface area contributed by atoms with Crippen LogP contribution >= 0.6 is 0 Å². The smallest absolute Gasteiger partial charge is 0.243 e. The minimum atomic E-state index is -3.53. The second-order valence-corrected chi connectivity index (χ2v) is 9.83. The largest absolute Gasteiger partial charge is 0.325 e. The van der Waals surface area contributed by atoms with Gasteiger partial charge in [-0.05, 0) is 56.3 Å². The zero-order valence-corrected chi connectivity index (χ0v) is 17.9. The zero-order chi connectivity index (χ0) is 20.1. The van der Waals surface area contributed by atoms with Gasteiger partial charge in [0.05, 0.1) is 11.4 Å². The molecule has 2 aliphatic rings. The summed E-state index contributed by atoms with van der Waals surface area (Å²) in [7, 11) is -3.53. The highest BCUT2D eigenvalue weighted by atomic mass is 32.2. The Balaban J connectivity index is 1.66. The van der Waals surface area contributed by atoms with Crippen LogP contribution in [-0.2, 0) is 14.8 Å². The van der Waals surface area contributed by atoms with Crippen LogP contribution in [0.1, 0.15) is 52.4 Å². The predicted octanol–water partition coefficient (Wildman–Crippen LogP) is 3.31. The lowest BCUT2D eigenvalue weighted by atomic mass is 9.78. The van der Waals surface area contributed by atoms with Gasteiger partial charge in [0.15, 0.2) is 0 Å². The molecule has 0 aromatic heterocycles. The Morgan fingerprint density at radius 1 is 1.14 bits per heavy atom. The van der Waals surface area contributed by atoms with Crippen LogP contribution in [0.4, 0.5) is 5.69 Å². The molecule has 1 aromatic rings. The number of carbonyl (C=O) groups excluding carboxylic acids is 1. The first-order chi connectivity index (χ1) is 13.5. The molecule has 2 fully saturated rings. The van der Waals surface area contributed by atoms with Crippen molar-refractivity contribution in [3.63, 3.8) is 0 Å². The van der Waals surface area contributed by atoms with Crippen molar-refractivity contribution in [3.05, 3.63) is 24.3 Å². The molecule has 0 radical (unpaired) electrons. The Morgan fingerprint density at radius 2 is 1.86 bits per heavy atom. The molecule has 0 bridgehead atoms. The lowest BCUT2D eigenvalue weighted by Gasteiger charge is -2.43. The van der Waals surface area contributed by atoms with Crippen LogP contribution < -0.4 is 5.32 Å². The van der Waals surface area contributed by atoms with Crippen LogP contribution in [0.3, 0.4) is 0 Å². The minimum absolute atomic E-state index is 0.0661. The summed E-state index contributed by atoms with van der Waals surface area (Å²) in [6, 6.07) is 7.11. The van der Waals surface area contributed by atoms with E-state index in [9.17, 15) is 13.2 Å². The fourth-order valence-corrected chi connectivity index (χ4v) is 6.26. The zero-order valence-electron chi connectivity index (χ0n) is 17.1. The SMILES string of the molecule is CCN(CC)S(=O)(=O)c1cccc(NC(=O)CN2CCC[C@@H]3CCCC[C@@H]32)c1. The molecule has 1 aromatic carbocycles. The second kappa shape index (κ2) is 9.37. The van der Waals surface area contributed by atoms with Crippen molar-refractivity contribution in [2.75, 3.05) is 31.5 Å². The Kier molecular flexibility index (Phi) is 7.12. The quantitative estimate of drug-likeness (QED) is 0.753. The molecule has 2 atom stereocenters. The molecule has 156 valence electrons. The number of hydrogen-bond acceptors (Lipinski definition) is 4. The van der Waals surface area contributed by atoms with Gasteiger partial charge in [-0.2, -0.15) is 4.31 Å². The van der Waals surface area contributed by atoms with Gasteiger partial charge in [0, 0.05) is 24.8 Å². The fraction of sp³-hybridized carbons (Fsp3) is 0.667. The van der Waals surface area contributed by atoms with E-state index in [-0.39, 0.29) is 10.8 Å². The minimum Gasteiger partial charge on any atom is -0.325 e. The average molecular weight is 408 g/mol. The summed E-state index contributed by atoms with van der Waals surface area (Å²) >= 11 is 0. The van der Waals surface area contributed by atoms with E-state index in [0.717, 1.165) is 18.9 Å². The molecule has 3 rings (SSSR count). The highest BCUT2D eigenvalue weighted by Gasteiger charge is 2.33. The molecule has 1 aliphatic carbocycles. The van der Waals surface area contributed by atoms with Crippen LogP contribution in [0, 0.1) is 5.92 Å². The van der Waals surface area contributed by atoms with E-state index in [4.69, 9.17) is 0 Å². The first kappa shape index (κ1) is 21.3. The number of nitrogens with zero attached hydrogens (tertiary/aromatic N) is 2. The van der Waals surface area contributed by atoms with E-state index in [1.54, 1.807) is 24.3 Å². The molecular formula is C21H33N3O3S. The van der Waals surface area contributed by atoms with Gasteiger partial charge in [-0.25, -0.2) is 8.42 Å². The highest BCUT2D eigenvalue weighted by Crippen LogP contribution is 2.35. The van der Waals surface area contributed by atoms with Gasteiger partial charge in [-0.1, -0.05) is 32.8 Å². The molecule has 0 unspecified atom stereocenters. The number of carbonyl (C=O) groups is 1. The normalized spacial score (nSPS) is 23.4. The third-order valence-corrected chi connectivity index (χ3v) is 8.21. The lowest BCUT2D eigenvalue weighted by molar-refractivity contribution is -0.118. The summed E-state index contributed by atoms with van der Waals surface area (Å²) < 4.78 is 26.8. The summed E-state index contributed by atoms with van der Waals surface area (Å²) in [6.45, 7) is 5.85. The third kappa shape index (κ3) is 4.75. The molecule has 28 heavy (non-hydrogen) atoms. The van der Waals surface area contributed by atoms with E-state index in [1.165, 1.54) is 36.4 Å². The van der Waals surface area contributed by atoms with Gasteiger partial charge in [-0.3, -0.25) is 9.69 Å². The standard InChI is InChI=1S/C21H33N3O3S/c1-3-24(4-2)28(26,27)19-12-7-11-18(15-19)22-21(25)16-23-14-8-10-17-9-5-6-13-20(17)23/h7,11-12,15,17,20H,3-6,8-10,13-14,16H2,1-2H3,(H,22,25)/t17-,20-/m0/s1. The molecule has 1 aliphatic heterocycles. The van der Waals surface area contributed by atoms with Crippen molar-refractivity contribution >= 4 is 21.6 Å². The van der Waals surface area contributed by atoms with Crippen molar-refractivity contribution in [3.8, 4) is 0 Å². The summed E-state index contributed by atoms with van der Waals surface area (Å²) in [5.41, 5.74) is 0.537. The Bertz CT molecular complexity index is 775. The van der Waals surface area contributed by atoms with E-state index < -0.39 is 10.0 Å². The maximum Gasteiger partial charge on any atom is 0.243 e. The first-order valence-corrected chi connectivity index (χ1v) is 12.0. The average Bonchev–Trinajstić information content (AvgIpc) is 2.69. The van der Waals surface area contributed by atoms with Crippen LogP contribution in [0.2, 0.25) is 0 Å². The third-order valence-electron chi connectivity index (χ3n) is 6.17. The Labute approximate surface area is 169 Å². The number of rotatable bonds is 7. The molecule has 0 spiro atoms. The monoisotopic (exact) mass is 407 g/mol. The first-order valence-electron chi connectivity index (χ1n) is 10.6. The van der Waals surface area contributed by atoms with Crippen molar-refractivity contribution in [1.82, 2.24) is 9.21 Å². The summed E-state index contributed by atoms with van der Waals surface area (Å²) in [5, 5.41) is 2.91. The molecule has 1 heterocycles. The number of amides is 1. The summed E-state index contributed by atoms with van der Waals surface area (Å²) in [5.74, 6) is 0.668. The fourth-order valence-electron chi connectivity index (χ4n) is 4.76. The van der Waals surface area contributed by atoms with E-state index in [2.05, 4.69) is 10.2 Å². The maximum atomic E-state index is 12.7. The number of piperidine rings is 1. The van der Waals surface area contributed by atoms with Gasteiger partial charge in [0.2, 0.25) is 15.9 Å². The van der Waals surface area contributed by atoms with Crippen LogP contribution in [0.15, 0.2) is 29.2 Å². The molecule has 1 saturated carbocycles. The van der Waals surface area contributed by atoms with Crippen molar-refractivity contribution in [2.24, 2.45) is 5.92 Å². The molecular weight excluding hydrogens is 374 g/mol. The Morgan fingerprint density at radius 3 is 2.61 bits per heavy atom. The van der Waals surface area contributed by atoms with Crippen molar-refractivity contribution in [1.29, 1.82) is 0 Å². The van der Waals surface area contributed by atoms with Gasteiger partial charge >= 0.3 is 0 Å².